The molecule has 0 saturated carbocycles. The molecule has 0 aromatic carbocycles. The topological polar surface area (TPSA) is 23.9 Å². The molecule has 1 unspecified atom stereocenters. The first-order chi connectivity index (χ1) is 7.30. The normalized spacial score (nSPS) is 30.5. The summed E-state index contributed by atoms with van der Waals surface area (Å²) < 4.78 is 0. The van der Waals surface area contributed by atoms with Crippen molar-refractivity contribution in [1.29, 1.82) is 5.41 Å². The summed E-state index contributed by atoms with van der Waals surface area (Å²) in [7, 11) is 0. The Morgan fingerprint density at radius 1 is 1.33 bits per heavy atom. The molecular weight excluding hydrogens is 222 g/mol. The maximum atomic E-state index is 7.91. The highest BCUT2D eigenvalue weighted by molar-refractivity contribution is 8.13. The van der Waals surface area contributed by atoms with Crippen molar-refractivity contribution >= 4 is 28.1 Å². The van der Waals surface area contributed by atoms with E-state index in [2.05, 4.69) is 11.4 Å². The van der Waals surface area contributed by atoms with Gasteiger partial charge in [-0.2, -0.15) is 0 Å². The average molecular weight is 237 g/mol. The van der Waals surface area contributed by atoms with Crippen LogP contribution in [0, 0.1) is 5.41 Å². The summed E-state index contributed by atoms with van der Waals surface area (Å²) in [6.45, 7) is 0. The van der Waals surface area contributed by atoms with Crippen LogP contribution in [-0.4, -0.2) is 10.8 Å². The van der Waals surface area contributed by atoms with Crippen molar-refractivity contribution in [2.45, 2.75) is 37.5 Å². The Labute approximate surface area is 98.8 Å². The fraction of sp³-hybridized carbons (Fsp3) is 0.583. The van der Waals surface area contributed by atoms with E-state index in [1.54, 1.807) is 22.2 Å². The van der Waals surface area contributed by atoms with Crippen molar-refractivity contribution in [2.75, 3.05) is 5.75 Å². The van der Waals surface area contributed by atoms with Gasteiger partial charge in [0.2, 0.25) is 0 Å². The highest BCUT2D eigenvalue weighted by Gasteiger charge is 2.39. The van der Waals surface area contributed by atoms with Crippen LogP contribution < -0.4 is 0 Å². The molecule has 2 heterocycles. The van der Waals surface area contributed by atoms with Gasteiger partial charge >= 0.3 is 0 Å². The van der Waals surface area contributed by atoms with Gasteiger partial charge in [-0.15, -0.1) is 23.1 Å². The van der Waals surface area contributed by atoms with Crippen LogP contribution in [0.5, 0.6) is 0 Å². The van der Waals surface area contributed by atoms with Crippen molar-refractivity contribution in [1.82, 2.24) is 0 Å². The summed E-state index contributed by atoms with van der Waals surface area (Å²) in [5, 5.41) is 11.1. The lowest BCUT2D eigenvalue weighted by Gasteiger charge is -2.40. The van der Waals surface area contributed by atoms with E-state index >= 15 is 0 Å². The zero-order valence-electron chi connectivity index (χ0n) is 8.71. The highest BCUT2D eigenvalue weighted by Crippen LogP contribution is 2.48. The molecule has 15 heavy (non-hydrogen) atoms. The zero-order valence-corrected chi connectivity index (χ0v) is 10.3. The van der Waals surface area contributed by atoms with E-state index in [1.807, 2.05) is 11.3 Å². The summed E-state index contributed by atoms with van der Waals surface area (Å²) in [5.74, 6) is 1.15. The summed E-state index contributed by atoms with van der Waals surface area (Å²) in [4.78, 5) is 1.60. The van der Waals surface area contributed by atoms with Crippen molar-refractivity contribution in [3.8, 4) is 0 Å². The number of hydrogen-bond donors (Lipinski definition) is 1. The van der Waals surface area contributed by atoms with Crippen molar-refractivity contribution < 1.29 is 0 Å². The minimum Gasteiger partial charge on any atom is -0.298 e. The van der Waals surface area contributed by atoms with Gasteiger partial charge in [0, 0.05) is 22.5 Å². The van der Waals surface area contributed by atoms with Crippen LogP contribution in [0.4, 0.5) is 0 Å². The molecule has 1 fully saturated rings. The van der Waals surface area contributed by atoms with Gasteiger partial charge in [-0.25, -0.2) is 0 Å². The molecular formula is C12H15NS2. The highest BCUT2D eigenvalue weighted by atomic mass is 32.2. The Balaban J connectivity index is 2.03. The van der Waals surface area contributed by atoms with Crippen LogP contribution >= 0.6 is 23.1 Å². The van der Waals surface area contributed by atoms with Crippen LogP contribution in [-0.2, 0) is 11.8 Å². The molecule has 80 valence electrons. The van der Waals surface area contributed by atoms with Gasteiger partial charge < -0.3 is 0 Å². The first-order valence-corrected chi connectivity index (χ1v) is 7.44. The third-order valence-corrected chi connectivity index (χ3v) is 5.61. The third-order valence-electron chi connectivity index (χ3n) is 3.73. The molecule has 1 spiro atoms. The van der Waals surface area contributed by atoms with Gasteiger partial charge in [0.25, 0.3) is 0 Å². The summed E-state index contributed by atoms with van der Waals surface area (Å²) in [6, 6.07) is 2.32. The number of fused-ring (bicyclic) bond motifs is 2. The zero-order chi connectivity index (χ0) is 10.3. The first kappa shape index (κ1) is 9.91. The fourth-order valence-corrected chi connectivity index (χ4v) is 5.15. The number of nitrogens with one attached hydrogen (secondary N) is 1. The van der Waals surface area contributed by atoms with Gasteiger partial charge in [-0.3, -0.25) is 5.41 Å². The van der Waals surface area contributed by atoms with Gasteiger partial charge in [-0.1, -0.05) is 0 Å². The molecule has 1 nitrogen and oxygen atoms in total. The van der Waals surface area contributed by atoms with E-state index in [4.69, 9.17) is 5.41 Å². The molecule has 0 bridgehead atoms. The molecule has 1 aromatic heterocycles. The molecule has 1 aliphatic carbocycles. The molecule has 1 atom stereocenters. The lowest BCUT2D eigenvalue weighted by Crippen LogP contribution is -2.35. The molecule has 1 aromatic rings. The largest absolute Gasteiger partial charge is 0.298 e. The molecule has 1 saturated heterocycles. The van der Waals surface area contributed by atoms with Gasteiger partial charge in [0.1, 0.15) is 0 Å². The summed E-state index contributed by atoms with van der Waals surface area (Å²) >= 11 is 3.67. The monoisotopic (exact) mass is 237 g/mol. The second kappa shape index (κ2) is 3.63. The number of thiophene rings is 1. The number of rotatable bonds is 0. The molecule has 0 radical (unpaired) electrons. The number of hydrogen-bond acceptors (Lipinski definition) is 3. The molecule has 3 rings (SSSR count). The predicted octanol–water partition coefficient (Wildman–Crippen LogP) is 3.83. The fourth-order valence-electron chi connectivity index (χ4n) is 2.99. The van der Waals surface area contributed by atoms with E-state index in [0.29, 0.717) is 5.41 Å². The van der Waals surface area contributed by atoms with Gasteiger partial charge in [-0.05, 0) is 42.7 Å². The van der Waals surface area contributed by atoms with Gasteiger partial charge in [0.05, 0.1) is 5.04 Å². The Morgan fingerprint density at radius 3 is 3.13 bits per heavy atom. The minimum atomic E-state index is 0.357. The molecule has 1 N–H and O–H groups in total. The van der Waals surface area contributed by atoms with Crippen LogP contribution in [0.3, 0.4) is 0 Å². The van der Waals surface area contributed by atoms with Gasteiger partial charge in [0.15, 0.2) is 0 Å². The van der Waals surface area contributed by atoms with Crippen LogP contribution in [0.25, 0.3) is 0 Å². The summed E-state index contributed by atoms with van der Waals surface area (Å²) in [5.41, 5.74) is 1.94. The maximum Gasteiger partial charge on any atom is 0.0650 e. The standard InChI is InChI=1S/C12H15NS2/c13-11-8-12(5-7-15-11)4-1-2-10-9(12)3-6-14-10/h3,6,13H,1-2,4-5,7-8H2. The Hall–Kier alpha value is -0.280. The van der Waals surface area contributed by atoms with Crippen LogP contribution in [0.15, 0.2) is 11.4 Å². The van der Waals surface area contributed by atoms with Crippen LogP contribution in [0.2, 0.25) is 0 Å². The van der Waals surface area contributed by atoms with E-state index in [1.165, 1.54) is 25.7 Å². The second-order valence-corrected chi connectivity index (χ2v) is 6.78. The Morgan fingerprint density at radius 2 is 2.27 bits per heavy atom. The first-order valence-electron chi connectivity index (χ1n) is 5.57. The van der Waals surface area contributed by atoms with E-state index in [-0.39, 0.29) is 0 Å². The predicted molar refractivity (Wildman–Crippen MR) is 68.4 cm³/mol. The number of thioether (sulfide) groups is 1. The lowest BCUT2D eigenvalue weighted by molar-refractivity contribution is 0.363. The van der Waals surface area contributed by atoms with E-state index in [9.17, 15) is 0 Å². The van der Waals surface area contributed by atoms with Crippen molar-refractivity contribution in [2.24, 2.45) is 0 Å². The SMILES string of the molecule is N=C1CC2(CCCc3sccc32)CCS1. The van der Waals surface area contributed by atoms with Crippen molar-refractivity contribution in [3.63, 3.8) is 0 Å². The van der Waals surface area contributed by atoms with E-state index < -0.39 is 0 Å². The molecule has 0 amide bonds. The summed E-state index contributed by atoms with van der Waals surface area (Å²) in [6.07, 6.45) is 6.19. The van der Waals surface area contributed by atoms with E-state index in [0.717, 1.165) is 17.2 Å². The average Bonchev–Trinajstić information content (AvgIpc) is 2.67. The Bertz CT molecular complexity index is 396. The third kappa shape index (κ3) is 1.56. The lowest BCUT2D eigenvalue weighted by atomic mass is 9.69. The Kier molecular flexibility index (Phi) is 2.40. The van der Waals surface area contributed by atoms with Crippen LogP contribution in [0.1, 0.15) is 36.1 Å². The molecule has 3 heteroatoms. The molecule has 1 aliphatic heterocycles. The number of aryl methyl sites for hydroxylation is 1. The minimum absolute atomic E-state index is 0.357. The maximum absolute atomic E-state index is 7.91. The smallest absolute Gasteiger partial charge is 0.0650 e. The molecule has 2 aliphatic rings. The second-order valence-electron chi connectivity index (χ2n) is 4.59. The van der Waals surface area contributed by atoms with Crippen molar-refractivity contribution in [3.05, 3.63) is 21.9 Å². The quantitative estimate of drug-likeness (QED) is 0.728.